The van der Waals surface area contributed by atoms with Gasteiger partial charge in [0, 0.05) is 48.6 Å². The largest absolute Gasteiger partial charge is 0.496 e. The second kappa shape index (κ2) is 11.2. The number of amides is 1. The van der Waals surface area contributed by atoms with Crippen LogP contribution in [0, 0.1) is 11.6 Å². The number of rotatable bonds is 9. The smallest absolute Gasteiger partial charge is 0.261 e. The summed E-state index contributed by atoms with van der Waals surface area (Å²) in [5.41, 5.74) is 5.55. The molecule has 2 heterocycles. The van der Waals surface area contributed by atoms with Crippen LogP contribution in [-0.4, -0.2) is 43.2 Å². The topological polar surface area (TPSA) is 118 Å². The summed E-state index contributed by atoms with van der Waals surface area (Å²) in [5.74, 6) is -1.90. The van der Waals surface area contributed by atoms with Crippen molar-refractivity contribution >= 4 is 34.1 Å². The lowest BCUT2D eigenvalue weighted by atomic mass is 10.1. The minimum atomic E-state index is -0.931. The van der Waals surface area contributed by atoms with Crippen LogP contribution in [0.3, 0.4) is 0 Å². The number of ether oxygens (including phenoxy) is 4. The van der Waals surface area contributed by atoms with E-state index in [1.807, 2.05) is 0 Å². The van der Waals surface area contributed by atoms with Crippen LogP contribution >= 0.6 is 11.6 Å². The maximum atomic E-state index is 14.9. The SMILES string of the molecule is COc1cc2c(Oc3cc(F)c(NC(=O)c4cnc(Cl)cc4OC)cc3F)ccnc2cc1OCCN. The average molecular weight is 531 g/mol. The Labute approximate surface area is 215 Å². The van der Waals surface area contributed by atoms with Crippen LogP contribution < -0.4 is 30.0 Å². The van der Waals surface area contributed by atoms with Gasteiger partial charge >= 0.3 is 0 Å². The van der Waals surface area contributed by atoms with Crippen LogP contribution in [0.15, 0.2) is 48.8 Å². The first kappa shape index (κ1) is 25.9. The summed E-state index contributed by atoms with van der Waals surface area (Å²) in [5, 5.41) is 2.87. The number of fused-ring (bicyclic) bond motifs is 1. The summed E-state index contributed by atoms with van der Waals surface area (Å²) >= 11 is 5.80. The molecular weight excluding hydrogens is 510 g/mol. The molecule has 3 N–H and O–H groups in total. The standard InChI is InChI=1S/C25H21ClF2N4O5/c1-34-20-11-24(26)31-12-14(20)25(33)32-18-8-16(28)21(9-15(18)27)37-19-3-5-30-17-10-23(36-6-4-29)22(35-2)7-13(17)19/h3,5,7-12H,4,6,29H2,1-2H3,(H,32,33). The number of nitrogens with zero attached hydrogens (tertiary/aromatic N) is 2. The second-order valence-electron chi connectivity index (χ2n) is 7.49. The normalized spacial score (nSPS) is 10.8. The zero-order valence-corrected chi connectivity index (χ0v) is 20.4. The van der Waals surface area contributed by atoms with Crippen molar-refractivity contribution in [3.05, 3.63) is 71.1 Å². The van der Waals surface area contributed by atoms with Crippen molar-refractivity contribution in [3.63, 3.8) is 0 Å². The molecule has 1 amide bonds. The Kier molecular flexibility index (Phi) is 7.85. The molecule has 0 fully saturated rings. The van der Waals surface area contributed by atoms with E-state index < -0.39 is 29.0 Å². The number of hydrogen-bond donors (Lipinski definition) is 2. The molecule has 192 valence electrons. The predicted molar refractivity (Wildman–Crippen MR) is 133 cm³/mol. The Morgan fingerprint density at radius 1 is 0.973 bits per heavy atom. The molecule has 12 heteroatoms. The Morgan fingerprint density at radius 3 is 2.49 bits per heavy atom. The summed E-state index contributed by atoms with van der Waals surface area (Å²) in [6, 6.07) is 7.69. The number of methoxy groups -OCH3 is 2. The summed E-state index contributed by atoms with van der Waals surface area (Å²) in [6.07, 6.45) is 2.62. The predicted octanol–water partition coefficient (Wildman–Crippen LogP) is 4.96. The zero-order chi connectivity index (χ0) is 26.5. The van der Waals surface area contributed by atoms with Gasteiger partial charge in [-0.15, -0.1) is 0 Å². The first-order chi connectivity index (χ1) is 17.8. The summed E-state index contributed by atoms with van der Waals surface area (Å²) in [7, 11) is 2.80. The highest BCUT2D eigenvalue weighted by atomic mass is 35.5. The lowest BCUT2D eigenvalue weighted by Gasteiger charge is -2.15. The number of hydrogen-bond acceptors (Lipinski definition) is 8. The second-order valence-corrected chi connectivity index (χ2v) is 7.88. The van der Waals surface area contributed by atoms with Crippen LogP contribution in [0.2, 0.25) is 5.15 Å². The summed E-state index contributed by atoms with van der Waals surface area (Å²) < 4.78 is 51.6. The van der Waals surface area contributed by atoms with Crippen LogP contribution in [0.25, 0.3) is 10.9 Å². The van der Waals surface area contributed by atoms with E-state index in [1.54, 1.807) is 12.1 Å². The number of pyridine rings is 2. The maximum absolute atomic E-state index is 14.9. The van der Waals surface area contributed by atoms with Crippen molar-refractivity contribution < 1.29 is 32.5 Å². The van der Waals surface area contributed by atoms with E-state index in [1.165, 1.54) is 32.5 Å². The minimum Gasteiger partial charge on any atom is -0.496 e. The molecule has 2 aromatic carbocycles. The van der Waals surface area contributed by atoms with Crippen LogP contribution in [0.4, 0.5) is 14.5 Å². The van der Waals surface area contributed by atoms with Gasteiger partial charge < -0.3 is 30.0 Å². The molecule has 0 atom stereocenters. The number of benzene rings is 2. The van der Waals surface area contributed by atoms with Crippen LogP contribution in [0.1, 0.15) is 10.4 Å². The summed E-state index contributed by atoms with van der Waals surface area (Å²) in [4.78, 5) is 20.7. The van der Waals surface area contributed by atoms with Crippen molar-refractivity contribution in [2.24, 2.45) is 5.73 Å². The third kappa shape index (κ3) is 5.63. The molecule has 4 aromatic rings. The van der Waals surface area contributed by atoms with Gasteiger partial charge in [0.2, 0.25) is 0 Å². The molecule has 9 nitrogen and oxygen atoms in total. The quantitative estimate of drug-likeness (QED) is 0.292. The number of nitrogens with two attached hydrogens (primary N) is 1. The van der Waals surface area contributed by atoms with Crippen molar-refractivity contribution in [3.8, 4) is 28.7 Å². The Bertz CT molecular complexity index is 1470. The van der Waals surface area contributed by atoms with Crippen molar-refractivity contribution in [2.45, 2.75) is 0 Å². The highest BCUT2D eigenvalue weighted by Crippen LogP contribution is 2.38. The molecule has 0 aliphatic heterocycles. The van der Waals surface area contributed by atoms with E-state index in [0.29, 0.717) is 28.9 Å². The third-order valence-electron chi connectivity index (χ3n) is 5.15. The zero-order valence-electron chi connectivity index (χ0n) is 19.7. The lowest BCUT2D eigenvalue weighted by Crippen LogP contribution is -2.15. The lowest BCUT2D eigenvalue weighted by molar-refractivity contribution is 0.102. The fourth-order valence-corrected chi connectivity index (χ4v) is 3.57. The van der Waals surface area contributed by atoms with E-state index in [0.717, 1.165) is 18.3 Å². The molecular formula is C25H21ClF2N4O5. The fourth-order valence-electron chi connectivity index (χ4n) is 3.42. The monoisotopic (exact) mass is 530 g/mol. The number of carbonyl (C=O) groups is 1. The molecule has 0 saturated heterocycles. The molecule has 37 heavy (non-hydrogen) atoms. The van der Waals surface area contributed by atoms with Gasteiger partial charge in [-0.25, -0.2) is 13.8 Å². The molecule has 0 saturated carbocycles. The number of nitrogens with one attached hydrogen (secondary N) is 1. The highest BCUT2D eigenvalue weighted by molar-refractivity contribution is 6.29. The molecule has 0 unspecified atom stereocenters. The van der Waals surface area contributed by atoms with Gasteiger partial charge in [-0.2, -0.15) is 0 Å². The van der Waals surface area contributed by atoms with Crippen molar-refractivity contribution in [1.82, 2.24) is 9.97 Å². The van der Waals surface area contributed by atoms with Crippen LogP contribution in [0.5, 0.6) is 28.7 Å². The Morgan fingerprint density at radius 2 is 1.76 bits per heavy atom. The van der Waals surface area contributed by atoms with Crippen molar-refractivity contribution in [2.75, 3.05) is 32.7 Å². The number of halogens is 3. The Hall–Kier alpha value is -4.22. The minimum absolute atomic E-state index is 0.0148. The first-order valence-electron chi connectivity index (χ1n) is 10.8. The molecule has 0 radical (unpaired) electrons. The van der Waals surface area contributed by atoms with E-state index in [-0.39, 0.29) is 28.8 Å². The highest BCUT2D eigenvalue weighted by Gasteiger charge is 2.19. The number of anilines is 1. The number of carbonyl (C=O) groups excluding carboxylic acids is 1. The van der Waals surface area contributed by atoms with Crippen molar-refractivity contribution in [1.29, 1.82) is 0 Å². The first-order valence-corrected chi connectivity index (χ1v) is 11.2. The fraction of sp³-hybridized carbons (Fsp3) is 0.160. The summed E-state index contributed by atoms with van der Waals surface area (Å²) in [6.45, 7) is 0.579. The molecule has 4 rings (SSSR count). The van der Waals surface area contributed by atoms with Gasteiger partial charge in [0.1, 0.15) is 28.8 Å². The molecule has 0 aliphatic carbocycles. The van der Waals surface area contributed by atoms with Crippen LogP contribution in [-0.2, 0) is 0 Å². The van der Waals surface area contributed by atoms with Gasteiger partial charge in [0.05, 0.1) is 25.4 Å². The average Bonchev–Trinajstić information content (AvgIpc) is 2.89. The van der Waals surface area contributed by atoms with E-state index >= 15 is 0 Å². The third-order valence-corrected chi connectivity index (χ3v) is 5.36. The molecule has 0 spiro atoms. The van der Waals surface area contributed by atoms with Gasteiger partial charge in [-0.1, -0.05) is 11.6 Å². The van der Waals surface area contributed by atoms with Gasteiger partial charge in [0.25, 0.3) is 5.91 Å². The number of aromatic nitrogens is 2. The van der Waals surface area contributed by atoms with E-state index in [4.69, 9.17) is 36.3 Å². The van der Waals surface area contributed by atoms with E-state index in [2.05, 4.69) is 15.3 Å². The molecule has 0 aliphatic rings. The Balaban J connectivity index is 1.62. The van der Waals surface area contributed by atoms with E-state index in [9.17, 15) is 13.6 Å². The molecule has 2 aromatic heterocycles. The molecule has 0 bridgehead atoms. The maximum Gasteiger partial charge on any atom is 0.261 e. The van der Waals surface area contributed by atoms with Gasteiger partial charge in [-0.05, 0) is 12.1 Å². The van der Waals surface area contributed by atoms with Gasteiger partial charge in [0.15, 0.2) is 28.9 Å². The van der Waals surface area contributed by atoms with Gasteiger partial charge in [-0.3, -0.25) is 9.78 Å².